The molecular formula is C19H23FN2O3S2. The van der Waals surface area contributed by atoms with Gasteiger partial charge in [0.05, 0.1) is 4.90 Å². The van der Waals surface area contributed by atoms with Crippen molar-refractivity contribution in [2.75, 3.05) is 19.1 Å². The van der Waals surface area contributed by atoms with Crippen LogP contribution in [0.5, 0.6) is 0 Å². The van der Waals surface area contributed by atoms with E-state index in [-0.39, 0.29) is 11.4 Å². The first-order chi connectivity index (χ1) is 12.8. The highest BCUT2D eigenvalue weighted by molar-refractivity contribution is 7.98. The first-order valence-corrected chi connectivity index (χ1v) is 11.3. The SMILES string of the molecule is CSCCC(NS(=O)(=O)c1ccccc1)C(=O)N(C)Cc1ccccc1F. The van der Waals surface area contributed by atoms with Gasteiger partial charge in [0.25, 0.3) is 0 Å². The van der Waals surface area contributed by atoms with Gasteiger partial charge < -0.3 is 4.90 Å². The molecule has 0 aromatic heterocycles. The van der Waals surface area contributed by atoms with Crippen LogP contribution in [0.2, 0.25) is 0 Å². The zero-order valence-corrected chi connectivity index (χ0v) is 16.9. The molecule has 2 rings (SSSR count). The summed E-state index contributed by atoms with van der Waals surface area (Å²) in [7, 11) is -2.29. The van der Waals surface area contributed by atoms with Gasteiger partial charge in [-0.05, 0) is 36.6 Å². The largest absolute Gasteiger partial charge is 0.340 e. The first-order valence-electron chi connectivity index (χ1n) is 8.40. The minimum atomic E-state index is -3.83. The van der Waals surface area contributed by atoms with Crippen LogP contribution in [-0.2, 0) is 21.4 Å². The number of amides is 1. The number of benzene rings is 2. The maximum Gasteiger partial charge on any atom is 0.241 e. The molecule has 146 valence electrons. The van der Waals surface area contributed by atoms with E-state index in [2.05, 4.69) is 4.72 Å². The van der Waals surface area contributed by atoms with E-state index >= 15 is 0 Å². The monoisotopic (exact) mass is 410 g/mol. The van der Waals surface area contributed by atoms with Gasteiger partial charge in [0, 0.05) is 19.2 Å². The molecule has 1 unspecified atom stereocenters. The van der Waals surface area contributed by atoms with Gasteiger partial charge in [-0.1, -0.05) is 36.4 Å². The second kappa shape index (κ2) is 9.87. The molecule has 2 aromatic carbocycles. The number of sulfonamides is 1. The maximum absolute atomic E-state index is 13.9. The smallest absolute Gasteiger partial charge is 0.241 e. The van der Waals surface area contributed by atoms with Gasteiger partial charge in [-0.2, -0.15) is 16.5 Å². The van der Waals surface area contributed by atoms with E-state index in [0.29, 0.717) is 17.7 Å². The van der Waals surface area contributed by atoms with Crippen molar-refractivity contribution >= 4 is 27.7 Å². The van der Waals surface area contributed by atoms with Gasteiger partial charge in [0.1, 0.15) is 11.9 Å². The van der Waals surface area contributed by atoms with Crippen molar-refractivity contribution in [3.05, 3.63) is 66.0 Å². The standard InChI is InChI=1S/C19H23FN2O3S2/c1-22(14-15-8-6-7-11-17(15)20)19(23)18(12-13-26-2)21-27(24,25)16-9-4-3-5-10-16/h3-11,18,21H,12-14H2,1-2H3. The number of halogens is 1. The molecule has 0 fully saturated rings. The van der Waals surface area contributed by atoms with E-state index in [0.717, 1.165) is 0 Å². The van der Waals surface area contributed by atoms with Crippen LogP contribution in [0.1, 0.15) is 12.0 Å². The van der Waals surface area contributed by atoms with E-state index in [1.165, 1.54) is 41.9 Å². The average Bonchev–Trinajstić information content (AvgIpc) is 2.67. The van der Waals surface area contributed by atoms with E-state index in [1.54, 1.807) is 36.4 Å². The van der Waals surface area contributed by atoms with Gasteiger partial charge in [0.2, 0.25) is 15.9 Å². The molecule has 8 heteroatoms. The Bertz CT molecular complexity index is 860. The van der Waals surface area contributed by atoms with Crippen LogP contribution in [0.15, 0.2) is 59.5 Å². The van der Waals surface area contributed by atoms with Crippen molar-refractivity contribution in [1.82, 2.24) is 9.62 Å². The molecule has 0 aliphatic carbocycles. The van der Waals surface area contributed by atoms with Crippen molar-refractivity contribution in [1.29, 1.82) is 0 Å². The predicted octanol–water partition coefficient (Wildman–Crippen LogP) is 2.88. The van der Waals surface area contributed by atoms with Gasteiger partial charge in [-0.15, -0.1) is 0 Å². The molecular weight excluding hydrogens is 387 g/mol. The van der Waals surface area contributed by atoms with Crippen LogP contribution in [0, 0.1) is 5.82 Å². The number of nitrogens with zero attached hydrogens (tertiary/aromatic N) is 1. The lowest BCUT2D eigenvalue weighted by Crippen LogP contribution is -2.47. The average molecular weight is 411 g/mol. The summed E-state index contributed by atoms with van der Waals surface area (Å²) >= 11 is 1.52. The Hall–Kier alpha value is -1.90. The number of carbonyl (C=O) groups is 1. The molecule has 0 radical (unpaired) electrons. The van der Waals surface area contributed by atoms with Crippen molar-refractivity contribution in [2.45, 2.75) is 23.9 Å². The Morgan fingerprint density at radius 2 is 1.78 bits per heavy atom. The van der Waals surface area contributed by atoms with Crippen LogP contribution in [0.25, 0.3) is 0 Å². The Kier molecular flexibility index (Phi) is 7.82. The van der Waals surface area contributed by atoms with Gasteiger partial charge in [0.15, 0.2) is 0 Å². The summed E-state index contributed by atoms with van der Waals surface area (Å²) < 4.78 is 41.5. The summed E-state index contributed by atoms with van der Waals surface area (Å²) in [5.74, 6) is -0.184. The second-order valence-corrected chi connectivity index (χ2v) is 8.75. The van der Waals surface area contributed by atoms with E-state index in [1.807, 2.05) is 6.26 Å². The van der Waals surface area contributed by atoms with Crippen molar-refractivity contribution < 1.29 is 17.6 Å². The number of hydrogen-bond donors (Lipinski definition) is 1. The highest BCUT2D eigenvalue weighted by Gasteiger charge is 2.28. The topological polar surface area (TPSA) is 66.5 Å². The van der Waals surface area contributed by atoms with Gasteiger partial charge in [-0.25, -0.2) is 12.8 Å². The van der Waals surface area contributed by atoms with Crippen LogP contribution in [-0.4, -0.2) is 44.3 Å². The molecule has 2 aromatic rings. The molecule has 0 aliphatic rings. The number of thioether (sulfide) groups is 1. The van der Waals surface area contributed by atoms with Crippen LogP contribution >= 0.6 is 11.8 Å². The summed E-state index contributed by atoms with van der Waals surface area (Å²) in [6.07, 6.45) is 2.23. The van der Waals surface area contributed by atoms with Gasteiger partial charge >= 0.3 is 0 Å². The molecule has 0 bridgehead atoms. The fraction of sp³-hybridized carbons (Fsp3) is 0.316. The maximum atomic E-state index is 13.9. The highest BCUT2D eigenvalue weighted by atomic mass is 32.2. The van der Waals surface area contributed by atoms with E-state index in [4.69, 9.17) is 0 Å². The Balaban J connectivity index is 2.17. The zero-order valence-electron chi connectivity index (χ0n) is 15.3. The molecule has 5 nitrogen and oxygen atoms in total. The molecule has 0 saturated carbocycles. The highest BCUT2D eigenvalue weighted by Crippen LogP contribution is 2.14. The summed E-state index contributed by atoms with van der Waals surface area (Å²) in [4.78, 5) is 14.3. The van der Waals surface area contributed by atoms with Crippen LogP contribution < -0.4 is 4.72 Å². The fourth-order valence-corrected chi connectivity index (χ4v) is 4.27. The lowest BCUT2D eigenvalue weighted by atomic mass is 10.1. The number of nitrogens with one attached hydrogen (secondary N) is 1. The minimum absolute atomic E-state index is 0.0638. The lowest BCUT2D eigenvalue weighted by Gasteiger charge is -2.24. The molecule has 0 aliphatic heterocycles. The number of rotatable bonds is 9. The summed E-state index contributed by atoms with van der Waals surface area (Å²) in [5, 5.41) is 0. The quantitative estimate of drug-likeness (QED) is 0.690. The molecule has 0 spiro atoms. The summed E-state index contributed by atoms with van der Waals surface area (Å²) in [6.45, 7) is 0.0638. The number of likely N-dealkylation sites (N-methyl/N-ethyl adjacent to an activating group) is 1. The molecule has 1 atom stereocenters. The normalized spacial score (nSPS) is 12.6. The van der Waals surface area contributed by atoms with Crippen molar-refractivity contribution in [3.63, 3.8) is 0 Å². The van der Waals surface area contributed by atoms with E-state index < -0.39 is 27.8 Å². The third-order valence-electron chi connectivity index (χ3n) is 4.00. The Morgan fingerprint density at radius 1 is 1.15 bits per heavy atom. The van der Waals surface area contributed by atoms with Crippen LogP contribution in [0.4, 0.5) is 4.39 Å². The van der Waals surface area contributed by atoms with E-state index in [9.17, 15) is 17.6 Å². The predicted molar refractivity (Wildman–Crippen MR) is 106 cm³/mol. The fourth-order valence-electron chi connectivity index (χ4n) is 2.55. The Morgan fingerprint density at radius 3 is 2.41 bits per heavy atom. The Labute approximate surface area is 164 Å². The summed E-state index contributed by atoms with van der Waals surface area (Å²) in [5.41, 5.74) is 0.378. The molecule has 1 N–H and O–H groups in total. The second-order valence-electron chi connectivity index (χ2n) is 6.05. The third-order valence-corrected chi connectivity index (χ3v) is 6.13. The van der Waals surface area contributed by atoms with Crippen LogP contribution in [0.3, 0.4) is 0 Å². The van der Waals surface area contributed by atoms with Gasteiger partial charge in [-0.3, -0.25) is 4.79 Å². The van der Waals surface area contributed by atoms with Crippen molar-refractivity contribution in [2.24, 2.45) is 0 Å². The number of carbonyl (C=O) groups excluding carboxylic acids is 1. The summed E-state index contributed by atoms with van der Waals surface area (Å²) in [6, 6.07) is 13.2. The molecule has 1 amide bonds. The molecule has 0 saturated heterocycles. The van der Waals surface area contributed by atoms with Crippen molar-refractivity contribution in [3.8, 4) is 0 Å². The molecule has 0 heterocycles. The third kappa shape index (κ3) is 6.05. The number of hydrogen-bond acceptors (Lipinski definition) is 4. The first kappa shape index (κ1) is 21.4. The minimum Gasteiger partial charge on any atom is -0.340 e. The lowest BCUT2D eigenvalue weighted by molar-refractivity contribution is -0.132. The molecule has 27 heavy (non-hydrogen) atoms. The zero-order chi connectivity index (χ0) is 19.9.